The Hall–Kier alpha value is -2.01. The van der Waals surface area contributed by atoms with Gasteiger partial charge in [-0.1, -0.05) is 28.1 Å². The van der Waals surface area contributed by atoms with Crippen LogP contribution in [0.15, 0.2) is 53.0 Å². The van der Waals surface area contributed by atoms with Gasteiger partial charge in [0.15, 0.2) is 0 Å². The van der Waals surface area contributed by atoms with Gasteiger partial charge < -0.3 is 16.4 Å². The number of anilines is 2. The maximum Gasteiger partial charge on any atom is 0.316 e. The van der Waals surface area contributed by atoms with Crippen LogP contribution in [0.2, 0.25) is 0 Å². The highest BCUT2D eigenvalue weighted by molar-refractivity contribution is 9.10. The summed E-state index contributed by atoms with van der Waals surface area (Å²) < 4.78 is 1.05. The number of halogens is 1. The Kier molecular flexibility index (Phi) is 4.63. The number of rotatable bonds is 4. The molecule has 104 valence electrons. The molecule has 0 saturated carbocycles. The van der Waals surface area contributed by atoms with Gasteiger partial charge in [0.2, 0.25) is 0 Å². The van der Waals surface area contributed by atoms with Crippen molar-refractivity contribution in [3.63, 3.8) is 0 Å². The number of benzene rings is 2. The van der Waals surface area contributed by atoms with E-state index < -0.39 is 6.03 Å². The molecule has 0 spiro atoms. The molecule has 0 bridgehead atoms. The van der Waals surface area contributed by atoms with Crippen LogP contribution in [0, 0.1) is 0 Å². The fourth-order valence-electron chi connectivity index (χ4n) is 1.88. The van der Waals surface area contributed by atoms with Gasteiger partial charge in [0.25, 0.3) is 0 Å². The van der Waals surface area contributed by atoms with Crippen molar-refractivity contribution in [1.29, 1.82) is 0 Å². The molecule has 2 aromatic carbocycles. The number of nitrogens with one attached hydrogen (secondary N) is 2. The lowest BCUT2D eigenvalue weighted by Crippen LogP contribution is -2.19. The van der Waals surface area contributed by atoms with E-state index in [-0.39, 0.29) is 6.04 Å². The quantitative estimate of drug-likeness (QED) is 0.788. The molecule has 2 rings (SSSR count). The van der Waals surface area contributed by atoms with E-state index in [1.54, 1.807) is 0 Å². The molecule has 0 radical (unpaired) electrons. The average Bonchev–Trinajstić information content (AvgIpc) is 2.41. The molecule has 0 aromatic heterocycles. The third-order valence-electron chi connectivity index (χ3n) is 2.91. The molecule has 2 amide bonds. The van der Waals surface area contributed by atoms with Crippen LogP contribution in [0.3, 0.4) is 0 Å². The Balaban J connectivity index is 2.03. The SMILES string of the molecule is CC(Nc1ccc(Br)cc1)c1ccc(NC(N)=O)cc1. The van der Waals surface area contributed by atoms with Gasteiger partial charge in [0.05, 0.1) is 0 Å². The highest BCUT2D eigenvalue weighted by Gasteiger charge is 2.05. The largest absolute Gasteiger partial charge is 0.379 e. The van der Waals surface area contributed by atoms with Crippen molar-refractivity contribution in [3.05, 3.63) is 58.6 Å². The normalized spacial score (nSPS) is 11.7. The van der Waals surface area contributed by atoms with Crippen LogP contribution < -0.4 is 16.4 Å². The topological polar surface area (TPSA) is 67.2 Å². The molecular weight excluding hydrogens is 318 g/mol. The van der Waals surface area contributed by atoms with E-state index in [2.05, 4.69) is 33.5 Å². The first-order chi connectivity index (χ1) is 9.54. The van der Waals surface area contributed by atoms with Crippen LogP contribution in [0.4, 0.5) is 16.2 Å². The van der Waals surface area contributed by atoms with Crippen LogP contribution in [-0.4, -0.2) is 6.03 Å². The summed E-state index contributed by atoms with van der Waals surface area (Å²) >= 11 is 3.41. The standard InChI is InChI=1S/C15H16BrN3O/c1-10(18-13-8-4-12(16)5-9-13)11-2-6-14(7-3-11)19-15(17)20/h2-10,18H,1H3,(H3,17,19,20). The van der Waals surface area contributed by atoms with Crippen LogP contribution in [0.1, 0.15) is 18.5 Å². The van der Waals surface area contributed by atoms with Crippen molar-refractivity contribution < 1.29 is 4.79 Å². The highest BCUT2D eigenvalue weighted by atomic mass is 79.9. The van der Waals surface area contributed by atoms with Crippen LogP contribution in [0.5, 0.6) is 0 Å². The predicted molar refractivity (Wildman–Crippen MR) is 85.8 cm³/mol. The molecule has 1 unspecified atom stereocenters. The van der Waals surface area contributed by atoms with Crippen LogP contribution in [0.25, 0.3) is 0 Å². The number of hydrogen-bond donors (Lipinski definition) is 3. The Morgan fingerprint density at radius 3 is 2.15 bits per heavy atom. The van der Waals surface area contributed by atoms with Gasteiger partial charge in [-0.2, -0.15) is 0 Å². The van der Waals surface area contributed by atoms with E-state index in [0.29, 0.717) is 5.69 Å². The fourth-order valence-corrected chi connectivity index (χ4v) is 2.14. The second-order valence-corrected chi connectivity index (χ2v) is 5.40. The van der Waals surface area contributed by atoms with Crippen molar-refractivity contribution >= 4 is 33.3 Å². The first-order valence-corrected chi connectivity index (χ1v) is 7.02. The van der Waals surface area contributed by atoms with E-state index in [0.717, 1.165) is 15.7 Å². The van der Waals surface area contributed by atoms with Crippen molar-refractivity contribution in [2.24, 2.45) is 5.73 Å². The van der Waals surface area contributed by atoms with Crippen molar-refractivity contribution in [2.45, 2.75) is 13.0 Å². The molecule has 0 aliphatic carbocycles. The summed E-state index contributed by atoms with van der Waals surface area (Å²) in [7, 11) is 0. The van der Waals surface area contributed by atoms with Crippen molar-refractivity contribution in [1.82, 2.24) is 0 Å². The first-order valence-electron chi connectivity index (χ1n) is 6.23. The number of urea groups is 1. The predicted octanol–water partition coefficient (Wildman–Crippen LogP) is 4.11. The van der Waals surface area contributed by atoms with Crippen molar-refractivity contribution in [2.75, 3.05) is 10.6 Å². The number of carbonyl (C=O) groups excluding carboxylic acids is 1. The van der Waals surface area contributed by atoms with E-state index in [9.17, 15) is 4.79 Å². The lowest BCUT2D eigenvalue weighted by molar-refractivity contribution is 0.259. The summed E-state index contributed by atoms with van der Waals surface area (Å²) in [5, 5.41) is 5.95. The van der Waals surface area contributed by atoms with Crippen molar-refractivity contribution in [3.8, 4) is 0 Å². The third-order valence-corrected chi connectivity index (χ3v) is 3.43. The summed E-state index contributed by atoms with van der Waals surface area (Å²) in [6.45, 7) is 2.08. The Bertz CT molecular complexity index is 581. The Labute approximate surface area is 126 Å². The Morgan fingerprint density at radius 2 is 1.60 bits per heavy atom. The molecule has 0 aliphatic heterocycles. The van der Waals surface area contributed by atoms with Gasteiger partial charge in [0, 0.05) is 21.9 Å². The summed E-state index contributed by atoms with van der Waals surface area (Å²) in [6, 6.07) is 15.2. The zero-order valence-corrected chi connectivity index (χ0v) is 12.6. The zero-order valence-electron chi connectivity index (χ0n) is 11.1. The van der Waals surface area contributed by atoms with Gasteiger partial charge in [-0.15, -0.1) is 0 Å². The molecule has 4 nitrogen and oxygen atoms in total. The van der Waals surface area contributed by atoms with Gasteiger partial charge in [-0.3, -0.25) is 0 Å². The number of nitrogens with two attached hydrogens (primary N) is 1. The molecular formula is C15H16BrN3O. The maximum atomic E-state index is 10.8. The van der Waals surface area contributed by atoms with E-state index in [1.165, 1.54) is 0 Å². The fraction of sp³-hybridized carbons (Fsp3) is 0.133. The summed E-state index contributed by atoms with van der Waals surface area (Å²) in [6.07, 6.45) is 0. The summed E-state index contributed by atoms with van der Waals surface area (Å²) in [5.74, 6) is 0. The average molecular weight is 334 g/mol. The molecule has 5 heteroatoms. The molecule has 2 aromatic rings. The summed E-state index contributed by atoms with van der Waals surface area (Å²) in [4.78, 5) is 10.8. The second kappa shape index (κ2) is 6.43. The minimum atomic E-state index is -0.557. The number of hydrogen-bond acceptors (Lipinski definition) is 2. The maximum absolute atomic E-state index is 10.8. The molecule has 0 saturated heterocycles. The number of amides is 2. The minimum Gasteiger partial charge on any atom is -0.379 e. The molecule has 1 atom stereocenters. The van der Waals surface area contributed by atoms with E-state index >= 15 is 0 Å². The molecule has 0 fully saturated rings. The lowest BCUT2D eigenvalue weighted by Gasteiger charge is -2.16. The van der Waals surface area contributed by atoms with Gasteiger partial charge in [-0.05, 0) is 48.9 Å². The molecule has 0 heterocycles. The van der Waals surface area contributed by atoms with Crippen LogP contribution in [-0.2, 0) is 0 Å². The monoisotopic (exact) mass is 333 g/mol. The summed E-state index contributed by atoms with van der Waals surface area (Å²) in [5.41, 5.74) is 7.95. The highest BCUT2D eigenvalue weighted by Crippen LogP contribution is 2.22. The minimum absolute atomic E-state index is 0.166. The van der Waals surface area contributed by atoms with E-state index in [1.807, 2.05) is 48.5 Å². The smallest absolute Gasteiger partial charge is 0.316 e. The third kappa shape index (κ3) is 3.99. The van der Waals surface area contributed by atoms with Gasteiger partial charge in [0.1, 0.15) is 0 Å². The van der Waals surface area contributed by atoms with E-state index in [4.69, 9.17) is 5.73 Å². The Morgan fingerprint density at radius 1 is 1.05 bits per heavy atom. The molecule has 20 heavy (non-hydrogen) atoms. The number of carbonyl (C=O) groups is 1. The number of primary amides is 1. The molecule has 0 aliphatic rings. The lowest BCUT2D eigenvalue weighted by atomic mass is 10.1. The first kappa shape index (κ1) is 14.4. The van der Waals surface area contributed by atoms with Gasteiger partial charge >= 0.3 is 6.03 Å². The molecule has 4 N–H and O–H groups in total. The van der Waals surface area contributed by atoms with Gasteiger partial charge in [-0.25, -0.2) is 4.79 Å². The van der Waals surface area contributed by atoms with Crippen LogP contribution >= 0.6 is 15.9 Å². The zero-order chi connectivity index (χ0) is 14.5. The second-order valence-electron chi connectivity index (χ2n) is 4.48.